The molecule has 0 radical (unpaired) electrons. The minimum absolute atomic E-state index is 0.258. The Kier molecular flexibility index (Phi) is 4.00. The van der Waals surface area contributed by atoms with Crippen LogP contribution in [0.4, 0.5) is 17.2 Å². The average Bonchev–Trinajstić information content (AvgIpc) is 2.52. The van der Waals surface area contributed by atoms with Gasteiger partial charge in [0.1, 0.15) is 19.0 Å². The van der Waals surface area contributed by atoms with Gasteiger partial charge in [-0.3, -0.25) is 0 Å². The van der Waals surface area contributed by atoms with Crippen LogP contribution in [0.25, 0.3) is 0 Å². The van der Waals surface area contributed by atoms with E-state index in [9.17, 15) is 0 Å². The number of anilines is 3. The first-order valence-corrected chi connectivity index (χ1v) is 7.02. The largest absolute Gasteiger partial charge is 0.490 e. The molecule has 6 heteroatoms. The van der Waals surface area contributed by atoms with E-state index in [1.165, 1.54) is 0 Å². The Morgan fingerprint density at radius 3 is 2.73 bits per heavy atom. The van der Waals surface area contributed by atoms with Gasteiger partial charge in [-0.05, 0) is 29.8 Å². The number of nitrogens with one attached hydrogen (secondary N) is 1. The smallest absolute Gasteiger partial charge is 0.217 e. The van der Waals surface area contributed by atoms with Crippen LogP contribution in [-0.2, 0) is 6.54 Å². The van der Waals surface area contributed by atoms with Crippen LogP contribution in [0, 0.1) is 0 Å². The maximum Gasteiger partial charge on any atom is 0.217 e. The zero-order chi connectivity index (χ0) is 15.4. The van der Waals surface area contributed by atoms with Crippen molar-refractivity contribution in [1.29, 1.82) is 0 Å². The number of hydrogen-bond acceptors (Lipinski definition) is 6. The minimum atomic E-state index is 0.258. The highest BCUT2D eigenvalue weighted by atomic mass is 16.5. The van der Waals surface area contributed by atoms with Gasteiger partial charge in [0.15, 0.2) is 5.82 Å². The topological polar surface area (TPSA) is 95.4 Å². The summed E-state index contributed by atoms with van der Waals surface area (Å²) < 4.78 is 11.2. The molecule has 0 amide bonds. The minimum Gasteiger partial charge on any atom is -0.490 e. The maximum absolute atomic E-state index is 5.97. The molecule has 4 bridgehead atoms. The lowest BCUT2D eigenvalue weighted by Gasteiger charge is -2.14. The van der Waals surface area contributed by atoms with Crippen LogP contribution >= 0.6 is 0 Å². The maximum atomic E-state index is 5.97. The van der Waals surface area contributed by atoms with Crippen LogP contribution < -0.4 is 26.3 Å². The average molecular weight is 298 g/mol. The molecule has 6 nitrogen and oxygen atoms in total. The van der Waals surface area contributed by atoms with E-state index in [0.717, 1.165) is 11.3 Å². The molecular weight excluding hydrogens is 280 g/mol. The number of ether oxygens (including phenoxy) is 2. The van der Waals surface area contributed by atoms with Crippen molar-refractivity contribution >= 4 is 17.2 Å². The van der Waals surface area contributed by atoms with E-state index in [1.54, 1.807) is 6.07 Å². The molecule has 3 rings (SSSR count). The standard InChI is InChI=1S/C16H18N4O2/c17-15-13-9-14(20-16(15)18)22-7-2-1-6-21-12-5-3-4-11(8-12)10-19-13/h1-5,8-9,19H,6-7,10,17H2,(H2,18,20)/b2-1+. The van der Waals surface area contributed by atoms with Crippen LogP contribution in [0.3, 0.4) is 0 Å². The highest BCUT2D eigenvalue weighted by molar-refractivity contribution is 5.77. The van der Waals surface area contributed by atoms with E-state index in [0.29, 0.717) is 37.0 Å². The summed E-state index contributed by atoms with van der Waals surface area (Å²) in [5.41, 5.74) is 14.0. The van der Waals surface area contributed by atoms with Crippen molar-refractivity contribution in [3.63, 3.8) is 0 Å². The highest BCUT2D eigenvalue weighted by Gasteiger charge is 2.09. The molecule has 114 valence electrons. The molecule has 0 atom stereocenters. The number of nitrogens with two attached hydrogens (primary N) is 2. The SMILES string of the molecule is Nc1nc2cc(c1N)NCc1cccc(c1)OC/C=C/CO2. The number of nitrogens with zero attached hydrogens (tertiary/aromatic N) is 1. The molecule has 0 fully saturated rings. The number of aromatic nitrogens is 1. The Labute approximate surface area is 128 Å². The number of hydrogen-bond donors (Lipinski definition) is 3. The summed E-state index contributed by atoms with van der Waals surface area (Å²) in [7, 11) is 0. The fourth-order valence-corrected chi connectivity index (χ4v) is 2.13. The lowest BCUT2D eigenvalue weighted by Crippen LogP contribution is -2.08. The zero-order valence-corrected chi connectivity index (χ0v) is 12.1. The molecule has 2 heterocycles. The Hall–Kier alpha value is -2.89. The lowest BCUT2D eigenvalue weighted by atomic mass is 10.2. The van der Waals surface area contributed by atoms with Gasteiger partial charge in [0.05, 0.1) is 11.4 Å². The summed E-state index contributed by atoms with van der Waals surface area (Å²) in [4.78, 5) is 4.12. The first kappa shape index (κ1) is 14.1. The summed E-state index contributed by atoms with van der Waals surface area (Å²) in [6, 6.07) is 9.65. The third-order valence-electron chi connectivity index (χ3n) is 3.29. The molecule has 1 aliphatic heterocycles. The number of pyridine rings is 1. The van der Waals surface area contributed by atoms with Crippen LogP contribution in [0.1, 0.15) is 5.56 Å². The van der Waals surface area contributed by atoms with Gasteiger partial charge < -0.3 is 26.3 Å². The summed E-state index contributed by atoms with van der Waals surface area (Å²) in [6.07, 6.45) is 3.77. The summed E-state index contributed by atoms with van der Waals surface area (Å²) in [5, 5.41) is 3.26. The summed E-state index contributed by atoms with van der Waals surface area (Å²) in [6.45, 7) is 1.47. The Balaban J connectivity index is 1.93. The van der Waals surface area contributed by atoms with Gasteiger partial charge in [-0.15, -0.1) is 0 Å². The van der Waals surface area contributed by atoms with Crippen molar-refractivity contribution in [3.8, 4) is 11.6 Å². The molecule has 0 aliphatic carbocycles. The number of fused-ring (bicyclic) bond motifs is 4. The van der Waals surface area contributed by atoms with Crippen LogP contribution in [-0.4, -0.2) is 18.2 Å². The quantitative estimate of drug-likeness (QED) is 0.645. The van der Waals surface area contributed by atoms with Gasteiger partial charge in [0.2, 0.25) is 5.88 Å². The number of rotatable bonds is 0. The van der Waals surface area contributed by atoms with Crippen molar-refractivity contribution in [1.82, 2.24) is 4.98 Å². The van der Waals surface area contributed by atoms with Crippen molar-refractivity contribution in [2.45, 2.75) is 6.54 Å². The first-order chi connectivity index (χ1) is 10.7. The van der Waals surface area contributed by atoms with E-state index in [1.807, 2.05) is 36.4 Å². The molecule has 1 aromatic carbocycles. The van der Waals surface area contributed by atoms with Crippen LogP contribution in [0.2, 0.25) is 0 Å². The molecule has 0 unspecified atom stereocenters. The third kappa shape index (κ3) is 3.22. The summed E-state index contributed by atoms with van der Waals surface area (Å²) >= 11 is 0. The predicted molar refractivity (Wildman–Crippen MR) is 87.0 cm³/mol. The van der Waals surface area contributed by atoms with E-state index in [2.05, 4.69) is 10.3 Å². The Morgan fingerprint density at radius 2 is 1.86 bits per heavy atom. The van der Waals surface area contributed by atoms with Crippen LogP contribution in [0.5, 0.6) is 11.6 Å². The monoisotopic (exact) mass is 298 g/mol. The first-order valence-electron chi connectivity index (χ1n) is 7.02. The molecule has 0 spiro atoms. The summed E-state index contributed by atoms with van der Waals surface area (Å²) in [5.74, 6) is 1.52. The number of benzene rings is 1. The second-order valence-electron chi connectivity index (χ2n) is 4.90. The molecule has 5 N–H and O–H groups in total. The molecule has 0 saturated carbocycles. The fourth-order valence-electron chi connectivity index (χ4n) is 2.13. The van der Waals surface area contributed by atoms with Crippen molar-refractivity contribution < 1.29 is 9.47 Å². The highest BCUT2D eigenvalue weighted by Crippen LogP contribution is 2.28. The molecule has 22 heavy (non-hydrogen) atoms. The van der Waals surface area contributed by atoms with E-state index in [4.69, 9.17) is 20.9 Å². The van der Waals surface area contributed by atoms with Crippen LogP contribution in [0.15, 0.2) is 42.5 Å². The van der Waals surface area contributed by atoms with Crippen molar-refractivity contribution in [3.05, 3.63) is 48.0 Å². The second-order valence-corrected chi connectivity index (χ2v) is 4.90. The molecule has 1 aliphatic rings. The van der Waals surface area contributed by atoms with Gasteiger partial charge in [0, 0.05) is 12.6 Å². The Morgan fingerprint density at radius 1 is 1.05 bits per heavy atom. The van der Waals surface area contributed by atoms with Gasteiger partial charge in [-0.25, -0.2) is 0 Å². The number of nitrogen functional groups attached to an aromatic ring is 2. The van der Waals surface area contributed by atoms with Gasteiger partial charge in [0.25, 0.3) is 0 Å². The zero-order valence-electron chi connectivity index (χ0n) is 12.1. The second kappa shape index (κ2) is 6.26. The van der Waals surface area contributed by atoms with E-state index < -0.39 is 0 Å². The molecule has 1 aromatic heterocycles. The molecular formula is C16H18N4O2. The van der Waals surface area contributed by atoms with E-state index in [-0.39, 0.29) is 5.82 Å². The van der Waals surface area contributed by atoms with Gasteiger partial charge in [-0.2, -0.15) is 4.98 Å². The van der Waals surface area contributed by atoms with Gasteiger partial charge in [-0.1, -0.05) is 12.1 Å². The Bertz CT molecular complexity index is 701. The molecule has 2 aromatic rings. The predicted octanol–water partition coefficient (Wildman–Crippen LogP) is 2.19. The molecule has 0 saturated heterocycles. The normalized spacial score (nSPS) is 15.6. The van der Waals surface area contributed by atoms with Crippen molar-refractivity contribution in [2.24, 2.45) is 0 Å². The fraction of sp³-hybridized carbons (Fsp3) is 0.188. The van der Waals surface area contributed by atoms with Gasteiger partial charge >= 0.3 is 0 Å². The third-order valence-corrected chi connectivity index (χ3v) is 3.29. The lowest BCUT2D eigenvalue weighted by molar-refractivity contribution is 0.342. The van der Waals surface area contributed by atoms with E-state index >= 15 is 0 Å². The van der Waals surface area contributed by atoms with Crippen molar-refractivity contribution in [2.75, 3.05) is 30.0 Å².